The normalized spacial score (nSPS) is 25.3. The fourth-order valence-electron chi connectivity index (χ4n) is 4.06. The third-order valence-electron chi connectivity index (χ3n) is 5.48. The molecule has 1 saturated carbocycles. The van der Waals surface area contributed by atoms with E-state index in [2.05, 4.69) is 0 Å². The molecule has 0 aromatic heterocycles. The Morgan fingerprint density at radius 1 is 1.14 bits per heavy atom. The van der Waals surface area contributed by atoms with Crippen LogP contribution in [-0.4, -0.2) is 51.8 Å². The molecule has 0 bridgehead atoms. The Hall–Kier alpha value is -1.96. The molecule has 7 nitrogen and oxygen atoms in total. The quantitative estimate of drug-likeness (QED) is 0.597. The zero-order chi connectivity index (χ0) is 20.2. The minimum absolute atomic E-state index is 0.208. The van der Waals surface area contributed by atoms with Gasteiger partial charge >= 0.3 is 11.9 Å². The lowest BCUT2D eigenvalue weighted by molar-refractivity contribution is -0.169. The van der Waals surface area contributed by atoms with E-state index in [0.717, 1.165) is 11.1 Å². The van der Waals surface area contributed by atoms with E-state index in [1.54, 1.807) is 0 Å². The van der Waals surface area contributed by atoms with Crippen LogP contribution in [0.2, 0.25) is 0 Å². The first-order valence-electron chi connectivity index (χ1n) is 9.65. The van der Waals surface area contributed by atoms with Gasteiger partial charge in [0.05, 0.1) is 39.8 Å². The van der Waals surface area contributed by atoms with Crippen LogP contribution in [0.15, 0.2) is 24.3 Å². The number of ether oxygens (including phenoxy) is 5. The zero-order valence-corrected chi connectivity index (χ0v) is 16.7. The van der Waals surface area contributed by atoms with Crippen molar-refractivity contribution in [1.82, 2.24) is 0 Å². The van der Waals surface area contributed by atoms with Gasteiger partial charge in [0.1, 0.15) is 5.60 Å². The summed E-state index contributed by atoms with van der Waals surface area (Å²) in [4.78, 5) is 23.8. The third-order valence-corrected chi connectivity index (χ3v) is 5.48. The molecule has 0 amide bonds. The lowest BCUT2D eigenvalue weighted by Crippen LogP contribution is -2.35. The van der Waals surface area contributed by atoms with Crippen LogP contribution in [0.5, 0.6) is 0 Å². The van der Waals surface area contributed by atoms with Crippen LogP contribution < -0.4 is 0 Å². The fourth-order valence-corrected chi connectivity index (χ4v) is 4.06. The number of rotatable bonds is 9. The van der Waals surface area contributed by atoms with Gasteiger partial charge in [-0.2, -0.15) is 0 Å². The minimum Gasteiger partial charge on any atom is -0.469 e. The smallest absolute Gasteiger partial charge is 0.312 e. The molecular weight excluding hydrogens is 364 g/mol. The van der Waals surface area contributed by atoms with Crippen molar-refractivity contribution in [1.29, 1.82) is 0 Å². The van der Waals surface area contributed by atoms with E-state index in [0.29, 0.717) is 39.1 Å². The number of hydrogen-bond acceptors (Lipinski definition) is 7. The summed E-state index contributed by atoms with van der Waals surface area (Å²) in [7, 11) is 2.76. The molecule has 1 aliphatic carbocycles. The van der Waals surface area contributed by atoms with E-state index in [4.69, 9.17) is 23.7 Å². The van der Waals surface area contributed by atoms with Gasteiger partial charge in [0.15, 0.2) is 5.79 Å². The molecule has 0 N–H and O–H groups in total. The summed E-state index contributed by atoms with van der Waals surface area (Å²) < 4.78 is 27.6. The second-order valence-electron chi connectivity index (χ2n) is 7.12. The Morgan fingerprint density at radius 2 is 1.86 bits per heavy atom. The molecular formula is C21H28O7. The van der Waals surface area contributed by atoms with Crippen molar-refractivity contribution in [2.24, 2.45) is 5.92 Å². The van der Waals surface area contributed by atoms with Gasteiger partial charge in [0, 0.05) is 19.4 Å². The number of methoxy groups -OCH3 is 2. The highest BCUT2D eigenvalue weighted by molar-refractivity contribution is 5.78. The van der Waals surface area contributed by atoms with Crippen molar-refractivity contribution >= 4 is 11.9 Å². The second kappa shape index (κ2) is 8.59. The summed E-state index contributed by atoms with van der Waals surface area (Å²) in [5, 5.41) is 0. The van der Waals surface area contributed by atoms with E-state index in [-0.39, 0.29) is 24.3 Å². The average molecular weight is 392 g/mol. The molecule has 28 heavy (non-hydrogen) atoms. The fraction of sp³-hybridized carbons (Fsp3) is 0.619. The van der Waals surface area contributed by atoms with Crippen molar-refractivity contribution in [3.05, 3.63) is 35.4 Å². The Balaban J connectivity index is 1.87. The highest BCUT2D eigenvalue weighted by atomic mass is 16.7. The van der Waals surface area contributed by atoms with Gasteiger partial charge in [-0.15, -0.1) is 0 Å². The van der Waals surface area contributed by atoms with Crippen LogP contribution in [0.4, 0.5) is 0 Å². The number of carbonyl (C=O) groups excluding carboxylic acids is 2. The average Bonchev–Trinajstić information content (AvgIpc) is 3.26. The van der Waals surface area contributed by atoms with Gasteiger partial charge in [-0.05, 0) is 24.5 Å². The Kier molecular flexibility index (Phi) is 6.37. The topological polar surface area (TPSA) is 80.3 Å². The second-order valence-corrected chi connectivity index (χ2v) is 7.12. The molecule has 0 spiro atoms. The molecule has 0 radical (unpaired) electrons. The van der Waals surface area contributed by atoms with Gasteiger partial charge < -0.3 is 23.7 Å². The van der Waals surface area contributed by atoms with Gasteiger partial charge in [-0.3, -0.25) is 9.59 Å². The van der Waals surface area contributed by atoms with Gasteiger partial charge in [-0.1, -0.05) is 24.3 Å². The van der Waals surface area contributed by atoms with Crippen LogP contribution in [0.1, 0.15) is 37.3 Å². The van der Waals surface area contributed by atoms with Crippen molar-refractivity contribution < 1.29 is 33.3 Å². The van der Waals surface area contributed by atoms with E-state index in [1.807, 2.05) is 31.2 Å². The molecule has 1 heterocycles. The van der Waals surface area contributed by atoms with Gasteiger partial charge in [0.25, 0.3) is 0 Å². The molecule has 2 aliphatic rings. The summed E-state index contributed by atoms with van der Waals surface area (Å²) in [5.41, 5.74) is 1.25. The number of hydrogen-bond donors (Lipinski definition) is 0. The summed E-state index contributed by atoms with van der Waals surface area (Å²) in [6.45, 7) is 3.36. The van der Waals surface area contributed by atoms with Crippen LogP contribution in [0.25, 0.3) is 0 Å². The van der Waals surface area contributed by atoms with Crippen LogP contribution in [0.3, 0.4) is 0 Å². The number of benzene rings is 1. The molecule has 2 fully saturated rings. The van der Waals surface area contributed by atoms with Crippen molar-refractivity contribution in [3.8, 4) is 0 Å². The zero-order valence-electron chi connectivity index (χ0n) is 16.7. The predicted octanol–water partition coefficient (Wildman–Crippen LogP) is 2.35. The lowest BCUT2D eigenvalue weighted by Gasteiger charge is -2.30. The maximum Gasteiger partial charge on any atom is 0.312 e. The molecule has 1 saturated heterocycles. The van der Waals surface area contributed by atoms with Crippen molar-refractivity contribution in [2.45, 2.75) is 44.0 Å². The highest BCUT2D eigenvalue weighted by Gasteiger charge is 2.62. The van der Waals surface area contributed by atoms with E-state index < -0.39 is 11.4 Å². The van der Waals surface area contributed by atoms with E-state index in [1.165, 1.54) is 14.2 Å². The minimum atomic E-state index is -0.882. The first-order chi connectivity index (χ1) is 13.5. The SMILES string of the molecule is CCOC1(c2ccccc2CC2(CCC(=O)OC)OCCO2)CC1C(=O)OC. The standard InChI is InChI=1S/C21H28O7/c1-4-26-21(14-17(21)19(23)25-3)16-8-6-5-7-15(16)13-20(27-11-12-28-20)10-9-18(22)24-2/h5-8,17H,4,9-14H2,1-3H3. The molecule has 2 unspecified atom stereocenters. The van der Waals surface area contributed by atoms with Crippen LogP contribution >= 0.6 is 0 Å². The van der Waals surface area contributed by atoms with E-state index >= 15 is 0 Å². The molecule has 1 aliphatic heterocycles. The van der Waals surface area contributed by atoms with Crippen molar-refractivity contribution in [2.75, 3.05) is 34.0 Å². The maximum absolute atomic E-state index is 12.2. The Labute approximate surface area is 165 Å². The molecule has 154 valence electrons. The van der Waals surface area contributed by atoms with Crippen LogP contribution in [-0.2, 0) is 45.3 Å². The number of carbonyl (C=O) groups is 2. The highest BCUT2D eigenvalue weighted by Crippen LogP contribution is 2.57. The molecule has 2 atom stereocenters. The predicted molar refractivity (Wildman–Crippen MR) is 99.5 cm³/mol. The van der Waals surface area contributed by atoms with Crippen molar-refractivity contribution in [3.63, 3.8) is 0 Å². The van der Waals surface area contributed by atoms with Gasteiger partial charge in [-0.25, -0.2) is 0 Å². The molecule has 1 aromatic carbocycles. The third kappa shape index (κ3) is 4.06. The Bertz CT molecular complexity index is 710. The summed E-state index contributed by atoms with van der Waals surface area (Å²) in [6, 6.07) is 7.85. The monoisotopic (exact) mass is 392 g/mol. The summed E-state index contributed by atoms with van der Waals surface area (Å²) >= 11 is 0. The lowest BCUT2D eigenvalue weighted by atomic mass is 9.92. The maximum atomic E-state index is 12.2. The largest absolute Gasteiger partial charge is 0.469 e. The summed E-state index contributed by atoms with van der Waals surface area (Å²) in [5.74, 6) is -1.77. The first-order valence-corrected chi connectivity index (χ1v) is 9.65. The van der Waals surface area contributed by atoms with Crippen LogP contribution in [0, 0.1) is 5.92 Å². The van der Waals surface area contributed by atoms with E-state index in [9.17, 15) is 9.59 Å². The molecule has 7 heteroatoms. The van der Waals surface area contributed by atoms with Gasteiger partial charge in [0.2, 0.25) is 0 Å². The first kappa shape index (κ1) is 20.8. The molecule has 3 rings (SSSR count). The number of esters is 2. The molecule has 1 aromatic rings. The Morgan fingerprint density at radius 3 is 2.50 bits per heavy atom. The summed E-state index contributed by atoms with van der Waals surface area (Å²) in [6.07, 6.45) is 1.65.